The molecule has 82 valence electrons. The summed E-state index contributed by atoms with van der Waals surface area (Å²) in [6.07, 6.45) is 3.04. The van der Waals surface area contributed by atoms with E-state index in [1.54, 1.807) is 0 Å². The van der Waals surface area contributed by atoms with E-state index in [0.29, 0.717) is 12.5 Å². The maximum atomic E-state index is 11.3. The summed E-state index contributed by atoms with van der Waals surface area (Å²) in [5.74, 6) is 0.797. The van der Waals surface area contributed by atoms with E-state index in [4.69, 9.17) is 4.74 Å². The minimum atomic E-state index is -0.0613. The summed E-state index contributed by atoms with van der Waals surface area (Å²) in [6.45, 7) is 3.77. The van der Waals surface area contributed by atoms with E-state index < -0.39 is 0 Å². The summed E-state index contributed by atoms with van der Waals surface area (Å²) in [6, 6.07) is 1.10. The van der Waals surface area contributed by atoms with E-state index in [9.17, 15) is 4.79 Å². The molecule has 0 amide bonds. The first-order chi connectivity index (χ1) is 6.15. The molecule has 1 aliphatic carbocycles. The summed E-state index contributed by atoms with van der Waals surface area (Å²) < 4.78 is 5.08. The summed E-state index contributed by atoms with van der Waals surface area (Å²) in [5, 5.41) is 3.43. The van der Waals surface area contributed by atoms with E-state index >= 15 is 0 Å². The molecule has 3 nitrogen and oxygen atoms in total. The average molecular weight is 220 g/mol. The molecular weight excluding hydrogens is 202 g/mol. The summed E-state index contributed by atoms with van der Waals surface area (Å²) in [7, 11) is 0. The molecule has 4 heteroatoms. The van der Waals surface area contributed by atoms with Crippen molar-refractivity contribution in [2.45, 2.75) is 51.3 Å². The number of halogens is 1. The second-order valence-corrected chi connectivity index (χ2v) is 4.44. The monoisotopic (exact) mass is 219 g/mol. The highest BCUT2D eigenvalue weighted by Gasteiger charge is 2.45. The Hall–Kier alpha value is -0.280. The van der Waals surface area contributed by atoms with Crippen LogP contribution in [0.4, 0.5) is 0 Å². The maximum absolute atomic E-state index is 11.3. The van der Waals surface area contributed by atoms with Gasteiger partial charge in [-0.05, 0) is 32.6 Å². The first-order valence-electron chi connectivity index (χ1n) is 5.10. The van der Waals surface area contributed by atoms with Crippen molar-refractivity contribution in [3.8, 4) is 0 Å². The third-order valence-electron chi connectivity index (χ3n) is 2.74. The van der Waals surface area contributed by atoms with Crippen LogP contribution in [0.5, 0.6) is 0 Å². The van der Waals surface area contributed by atoms with E-state index in [1.165, 1.54) is 6.42 Å². The Bertz CT molecular complexity index is 210. The lowest BCUT2D eigenvalue weighted by Crippen LogP contribution is -2.29. The summed E-state index contributed by atoms with van der Waals surface area (Å²) >= 11 is 0. The second kappa shape index (κ2) is 4.49. The number of esters is 1. The molecule has 2 aliphatic rings. The minimum Gasteiger partial charge on any atom is -0.463 e. The average Bonchev–Trinajstić information content (AvgIpc) is 2.57. The van der Waals surface area contributed by atoms with Crippen LogP contribution in [0.1, 0.15) is 33.1 Å². The zero-order chi connectivity index (χ0) is 9.42. The normalized spacial score (nSPS) is 33.5. The summed E-state index contributed by atoms with van der Waals surface area (Å²) in [5.41, 5.74) is 0. The van der Waals surface area contributed by atoms with Crippen LogP contribution >= 0.6 is 12.4 Å². The zero-order valence-electron chi connectivity index (χ0n) is 8.66. The van der Waals surface area contributed by atoms with Crippen LogP contribution in [-0.2, 0) is 9.53 Å². The first-order valence-corrected chi connectivity index (χ1v) is 5.10. The van der Waals surface area contributed by atoms with Gasteiger partial charge in [0, 0.05) is 12.1 Å². The number of rotatable bonds is 3. The lowest BCUT2D eigenvalue weighted by atomic mass is 10.1. The van der Waals surface area contributed by atoms with Gasteiger partial charge in [0.05, 0.1) is 12.5 Å². The van der Waals surface area contributed by atoms with Crippen LogP contribution < -0.4 is 5.32 Å². The van der Waals surface area contributed by atoms with Gasteiger partial charge in [-0.3, -0.25) is 4.79 Å². The van der Waals surface area contributed by atoms with Crippen molar-refractivity contribution in [3.05, 3.63) is 0 Å². The molecule has 1 aliphatic heterocycles. The van der Waals surface area contributed by atoms with Gasteiger partial charge in [-0.25, -0.2) is 0 Å². The Labute approximate surface area is 91.0 Å². The molecule has 0 aromatic carbocycles. The fraction of sp³-hybridized carbons (Fsp3) is 0.900. The van der Waals surface area contributed by atoms with Crippen LogP contribution in [0.25, 0.3) is 0 Å². The van der Waals surface area contributed by atoms with E-state index in [2.05, 4.69) is 5.32 Å². The van der Waals surface area contributed by atoms with E-state index in [1.807, 2.05) is 13.8 Å². The molecule has 2 fully saturated rings. The highest BCUT2D eigenvalue weighted by atomic mass is 35.5. The van der Waals surface area contributed by atoms with Gasteiger partial charge in [0.25, 0.3) is 0 Å². The maximum Gasteiger partial charge on any atom is 0.307 e. The number of fused-ring (bicyclic) bond motifs is 1. The third-order valence-corrected chi connectivity index (χ3v) is 2.74. The molecule has 0 aromatic rings. The SMILES string of the molecule is CC(C)OC(=O)CC1CC2CC2N1.Cl. The van der Waals surface area contributed by atoms with Gasteiger partial charge in [0.2, 0.25) is 0 Å². The van der Waals surface area contributed by atoms with Crippen molar-refractivity contribution in [2.75, 3.05) is 0 Å². The van der Waals surface area contributed by atoms with Crippen molar-refractivity contribution in [2.24, 2.45) is 5.92 Å². The Morgan fingerprint density at radius 1 is 1.50 bits per heavy atom. The minimum absolute atomic E-state index is 0. The lowest BCUT2D eigenvalue weighted by Gasteiger charge is -2.13. The van der Waals surface area contributed by atoms with Gasteiger partial charge >= 0.3 is 5.97 Å². The largest absolute Gasteiger partial charge is 0.463 e. The Morgan fingerprint density at radius 3 is 2.71 bits per heavy atom. The van der Waals surface area contributed by atoms with Gasteiger partial charge in [-0.1, -0.05) is 0 Å². The number of carbonyl (C=O) groups is 1. The Morgan fingerprint density at radius 2 is 2.21 bits per heavy atom. The number of piperidine rings is 1. The van der Waals surface area contributed by atoms with E-state index in [0.717, 1.165) is 18.4 Å². The van der Waals surface area contributed by atoms with Crippen LogP contribution in [0, 0.1) is 5.92 Å². The van der Waals surface area contributed by atoms with Gasteiger partial charge in [0.1, 0.15) is 0 Å². The molecule has 0 radical (unpaired) electrons. The second-order valence-electron chi connectivity index (χ2n) is 4.44. The highest BCUT2D eigenvalue weighted by Crippen LogP contribution is 2.41. The molecule has 0 bridgehead atoms. The van der Waals surface area contributed by atoms with Gasteiger partial charge in [-0.15, -0.1) is 12.4 Å². The first kappa shape index (κ1) is 11.8. The molecule has 0 spiro atoms. The quantitative estimate of drug-likeness (QED) is 0.732. The van der Waals surface area contributed by atoms with Crippen molar-refractivity contribution in [1.82, 2.24) is 5.32 Å². The van der Waals surface area contributed by atoms with Crippen LogP contribution in [-0.4, -0.2) is 24.2 Å². The van der Waals surface area contributed by atoms with Crippen LogP contribution in [0.2, 0.25) is 0 Å². The number of hydrogen-bond acceptors (Lipinski definition) is 3. The number of hydrogen-bond donors (Lipinski definition) is 1. The van der Waals surface area contributed by atoms with Crippen molar-refractivity contribution >= 4 is 18.4 Å². The molecule has 1 saturated heterocycles. The highest BCUT2D eigenvalue weighted by molar-refractivity contribution is 5.85. The van der Waals surface area contributed by atoms with Crippen LogP contribution in [0.15, 0.2) is 0 Å². The number of carbonyl (C=O) groups excluding carboxylic acids is 1. The zero-order valence-corrected chi connectivity index (χ0v) is 9.47. The van der Waals surface area contributed by atoms with Crippen molar-refractivity contribution in [1.29, 1.82) is 0 Å². The van der Waals surface area contributed by atoms with E-state index in [-0.39, 0.29) is 24.5 Å². The topological polar surface area (TPSA) is 38.3 Å². The molecule has 14 heavy (non-hydrogen) atoms. The van der Waals surface area contributed by atoms with Crippen molar-refractivity contribution in [3.63, 3.8) is 0 Å². The fourth-order valence-electron chi connectivity index (χ4n) is 2.10. The van der Waals surface area contributed by atoms with Gasteiger partial charge in [0.15, 0.2) is 0 Å². The molecule has 1 saturated carbocycles. The molecule has 1 N–H and O–H groups in total. The lowest BCUT2D eigenvalue weighted by molar-refractivity contribution is -0.147. The third kappa shape index (κ3) is 2.85. The van der Waals surface area contributed by atoms with Crippen LogP contribution in [0.3, 0.4) is 0 Å². The Kier molecular flexibility index (Phi) is 3.78. The predicted molar refractivity (Wildman–Crippen MR) is 56.5 cm³/mol. The number of ether oxygens (including phenoxy) is 1. The molecule has 2 rings (SSSR count). The number of nitrogens with one attached hydrogen (secondary N) is 1. The van der Waals surface area contributed by atoms with Gasteiger partial charge in [-0.2, -0.15) is 0 Å². The molecular formula is C10H18ClNO2. The fourth-order valence-corrected chi connectivity index (χ4v) is 2.10. The standard InChI is InChI=1S/C10H17NO2.ClH/c1-6(2)13-10(12)5-8-3-7-4-9(7)11-8;/h6-9,11H,3-5H2,1-2H3;1H. The molecule has 3 atom stereocenters. The predicted octanol–water partition coefficient (Wildman–Crippen LogP) is 1.50. The summed E-state index contributed by atoms with van der Waals surface area (Å²) in [4.78, 5) is 11.3. The van der Waals surface area contributed by atoms with Gasteiger partial charge < -0.3 is 10.1 Å². The molecule has 0 aromatic heterocycles. The smallest absolute Gasteiger partial charge is 0.307 e. The molecule has 1 heterocycles. The Balaban J connectivity index is 0.000000980. The van der Waals surface area contributed by atoms with Crippen molar-refractivity contribution < 1.29 is 9.53 Å². The molecule has 3 unspecified atom stereocenters.